The van der Waals surface area contributed by atoms with Crippen LogP contribution in [-0.2, 0) is 6.61 Å². The van der Waals surface area contributed by atoms with Crippen LogP contribution in [0.15, 0.2) is 42.7 Å². The van der Waals surface area contributed by atoms with Gasteiger partial charge in [-0.3, -0.25) is 4.98 Å². The second kappa shape index (κ2) is 5.84. The van der Waals surface area contributed by atoms with Gasteiger partial charge in [-0.25, -0.2) is 0 Å². The molecule has 2 aromatic rings. The number of hydrogen-bond donors (Lipinski definition) is 1. The van der Waals surface area contributed by atoms with E-state index in [0.29, 0.717) is 12.5 Å². The van der Waals surface area contributed by atoms with E-state index in [2.05, 4.69) is 15.3 Å². The molecule has 0 radical (unpaired) electrons. The fourth-order valence-corrected chi connectivity index (χ4v) is 1.42. The lowest BCUT2D eigenvalue weighted by Crippen LogP contribution is -2.02. The molecular formula is C13H15N3O. The second-order valence-corrected chi connectivity index (χ2v) is 3.55. The first-order chi connectivity index (χ1) is 8.38. The zero-order valence-corrected chi connectivity index (χ0v) is 9.76. The van der Waals surface area contributed by atoms with Crippen molar-refractivity contribution in [1.82, 2.24) is 9.97 Å². The summed E-state index contributed by atoms with van der Waals surface area (Å²) in [6.07, 6.45) is 3.29. The zero-order chi connectivity index (χ0) is 11.9. The quantitative estimate of drug-likeness (QED) is 0.855. The highest BCUT2D eigenvalue weighted by Crippen LogP contribution is 2.11. The van der Waals surface area contributed by atoms with Crippen LogP contribution >= 0.6 is 0 Å². The van der Waals surface area contributed by atoms with Gasteiger partial charge in [0, 0.05) is 6.54 Å². The van der Waals surface area contributed by atoms with Crippen LogP contribution in [-0.4, -0.2) is 16.5 Å². The number of ether oxygens (including phenoxy) is 1. The predicted octanol–water partition coefficient (Wildman–Crippen LogP) is 2.49. The number of anilines is 1. The molecule has 4 heteroatoms. The summed E-state index contributed by atoms with van der Waals surface area (Å²) in [4.78, 5) is 8.35. The standard InChI is InChI=1S/C13H15N3O/c1-2-15-12-8-14-9-13(16-12)17-10-11-6-4-3-5-7-11/h3-9H,2,10H2,1H3,(H,15,16). The van der Waals surface area contributed by atoms with E-state index in [-0.39, 0.29) is 0 Å². The van der Waals surface area contributed by atoms with E-state index in [1.807, 2.05) is 37.3 Å². The molecule has 0 fully saturated rings. The molecule has 0 saturated carbocycles. The molecule has 0 aliphatic heterocycles. The number of nitrogens with zero attached hydrogens (tertiary/aromatic N) is 2. The minimum Gasteiger partial charge on any atom is -0.472 e. The monoisotopic (exact) mass is 229 g/mol. The van der Waals surface area contributed by atoms with Gasteiger partial charge in [-0.1, -0.05) is 30.3 Å². The number of benzene rings is 1. The smallest absolute Gasteiger partial charge is 0.234 e. The highest BCUT2D eigenvalue weighted by molar-refractivity contribution is 5.32. The molecule has 88 valence electrons. The maximum absolute atomic E-state index is 5.57. The van der Waals surface area contributed by atoms with E-state index in [0.717, 1.165) is 17.9 Å². The van der Waals surface area contributed by atoms with Gasteiger partial charge in [-0.15, -0.1) is 0 Å². The average molecular weight is 229 g/mol. The number of nitrogens with one attached hydrogen (secondary N) is 1. The van der Waals surface area contributed by atoms with E-state index >= 15 is 0 Å². The van der Waals surface area contributed by atoms with Gasteiger partial charge >= 0.3 is 0 Å². The third-order valence-corrected chi connectivity index (χ3v) is 2.20. The second-order valence-electron chi connectivity index (χ2n) is 3.55. The van der Waals surface area contributed by atoms with Crippen LogP contribution in [0.1, 0.15) is 12.5 Å². The summed E-state index contributed by atoms with van der Waals surface area (Å²) in [5.74, 6) is 1.27. The summed E-state index contributed by atoms with van der Waals surface area (Å²) in [5, 5.41) is 3.09. The first kappa shape index (κ1) is 11.4. The molecule has 0 amide bonds. The number of rotatable bonds is 5. The molecule has 4 nitrogen and oxygen atoms in total. The van der Waals surface area contributed by atoms with Crippen LogP contribution in [0.4, 0.5) is 5.82 Å². The van der Waals surface area contributed by atoms with Gasteiger partial charge in [0.2, 0.25) is 5.88 Å². The van der Waals surface area contributed by atoms with Gasteiger partial charge in [-0.05, 0) is 12.5 Å². The first-order valence-electron chi connectivity index (χ1n) is 5.61. The van der Waals surface area contributed by atoms with Gasteiger partial charge in [0.25, 0.3) is 0 Å². The number of hydrogen-bond acceptors (Lipinski definition) is 4. The molecule has 17 heavy (non-hydrogen) atoms. The molecule has 2 rings (SSSR count). The molecule has 0 atom stereocenters. The molecule has 1 aromatic carbocycles. The first-order valence-corrected chi connectivity index (χ1v) is 5.61. The molecule has 0 aliphatic carbocycles. The van der Waals surface area contributed by atoms with Crippen molar-refractivity contribution in [2.45, 2.75) is 13.5 Å². The average Bonchev–Trinajstić information content (AvgIpc) is 2.39. The Bertz CT molecular complexity index is 459. The Labute approximate surface area is 101 Å². The summed E-state index contributed by atoms with van der Waals surface area (Å²) in [7, 11) is 0. The summed E-state index contributed by atoms with van der Waals surface area (Å²) in [6.45, 7) is 3.33. The lowest BCUT2D eigenvalue weighted by Gasteiger charge is -2.06. The summed E-state index contributed by atoms with van der Waals surface area (Å²) in [6, 6.07) is 9.98. The van der Waals surface area contributed by atoms with Crippen molar-refractivity contribution in [3.05, 3.63) is 48.3 Å². The predicted molar refractivity (Wildman–Crippen MR) is 67.0 cm³/mol. The lowest BCUT2D eigenvalue weighted by molar-refractivity contribution is 0.293. The summed E-state index contributed by atoms with van der Waals surface area (Å²) >= 11 is 0. The van der Waals surface area contributed by atoms with Crippen molar-refractivity contribution in [1.29, 1.82) is 0 Å². The molecule has 1 N–H and O–H groups in total. The summed E-state index contributed by atoms with van der Waals surface area (Å²) in [5.41, 5.74) is 1.11. The Morgan fingerprint density at radius 1 is 1.18 bits per heavy atom. The molecule has 0 saturated heterocycles. The minimum atomic E-state index is 0.505. The Hall–Kier alpha value is -2.10. The van der Waals surface area contributed by atoms with Gasteiger partial charge < -0.3 is 10.1 Å². The molecule has 1 heterocycles. The van der Waals surface area contributed by atoms with Gasteiger partial charge in [-0.2, -0.15) is 4.98 Å². The molecule has 0 bridgehead atoms. The molecule has 0 unspecified atom stereocenters. The van der Waals surface area contributed by atoms with Crippen LogP contribution in [0.5, 0.6) is 5.88 Å². The third-order valence-electron chi connectivity index (χ3n) is 2.20. The van der Waals surface area contributed by atoms with Crippen molar-refractivity contribution < 1.29 is 4.74 Å². The van der Waals surface area contributed by atoms with Crippen molar-refractivity contribution in [2.24, 2.45) is 0 Å². The zero-order valence-electron chi connectivity index (χ0n) is 9.76. The fraction of sp³-hybridized carbons (Fsp3) is 0.231. The van der Waals surface area contributed by atoms with Crippen LogP contribution in [0, 0.1) is 0 Å². The largest absolute Gasteiger partial charge is 0.472 e. The Balaban J connectivity index is 1.97. The van der Waals surface area contributed by atoms with E-state index in [1.165, 1.54) is 0 Å². The highest BCUT2D eigenvalue weighted by atomic mass is 16.5. The van der Waals surface area contributed by atoms with Crippen molar-refractivity contribution in [2.75, 3.05) is 11.9 Å². The third kappa shape index (κ3) is 3.45. The van der Waals surface area contributed by atoms with Crippen LogP contribution < -0.4 is 10.1 Å². The Morgan fingerprint density at radius 2 is 2.00 bits per heavy atom. The van der Waals surface area contributed by atoms with Crippen molar-refractivity contribution in [3.8, 4) is 5.88 Å². The molecule has 0 spiro atoms. The van der Waals surface area contributed by atoms with E-state index in [4.69, 9.17) is 4.74 Å². The van der Waals surface area contributed by atoms with Gasteiger partial charge in [0.05, 0.1) is 12.4 Å². The van der Waals surface area contributed by atoms with Crippen molar-refractivity contribution in [3.63, 3.8) is 0 Å². The topological polar surface area (TPSA) is 47.0 Å². The van der Waals surface area contributed by atoms with E-state index in [9.17, 15) is 0 Å². The SMILES string of the molecule is CCNc1cncc(OCc2ccccc2)n1. The normalized spacial score (nSPS) is 9.94. The summed E-state index contributed by atoms with van der Waals surface area (Å²) < 4.78 is 5.57. The maximum Gasteiger partial charge on any atom is 0.234 e. The Morgan fingerprint density at radius 3 is 2.76 bits per heavy atom. The van der Waals surface area contributed by atoms with E-state index in [1.54, 1.807) is 12.4 Å². The van der Waals surface area contributed by atoms with Crippen LogP contribution in [0.2, 0.25) is 0 Å². The van der Waals surface area contributed by atoms with Gasteiger partial charge in [0.15, 0.2) is 0 Å². The van der Waals surface area contributed by atoms with Crippen LogP contribution in [0.3, 0.4) is 0 Å². The lowest BCUT2D eigenvalue weighted by atomic mass is 10.2. The number of aromatic nitrogens is 2. The minimum absolute atomic E-state index is 0.505. The van der Waals surface area contributed by atoms with Gasteiger partial charge in [0.1, 0.15) is 12.4 Å². The maximum atomic E-state index is 5.57. The highest BCUT2D eigenvalue weighted by Gasteiger charge is 1.99. The fourth-order valence-electron chi connectivity index (χ4n) is 1.42. The van der Waals surface area contributed by atoms with Crippen molar-refractivity contribution >= 4 is 5.82 Å². The molecule has 1 aromatic heterocycles. The van der Waals surface area contributed by atoms with E-state index < -0.39 is 0 Å². The Kier molecular flexibility index (Phi) is 3.91. The van der Waals surface area contributed by atoms with Crippen LogP contribution in [0.25, 0.3) is 0 Å². The molecular weight excluding hydrogens is 214 g/mol. The molecule has 0 aliphatic rings.